The molecule has 0 aliphatic heterocycles. The van der Waals surface area contributed by atoms with Crippen LogP contribution < -0.4 is 0 Å². The summed E-state index contributed by atoms with van der Waals surface area (Å²) >= 11 is 1.60. The van der Waals surface area contributed by atoms with Gasteiger partial charge >= 0.3 is 0 Å². The summed E-state index contributed by atoms with van der Waals surface area (Å²) in [6.07, 6.45) is 3.96. The number of aromatic nitrogens is 3. The summed E-state index contributed by atoms with van der Waals surface area (Å²) in [5.41, 5.74) is 4.00. The monoisotopic (exact) mass is 296 g/mol. The molecule has 106 valence electrons. The zero-order valence-electron chi connectivity index (χ0n) is 12.3. The lowest BCUT2D eigenvalue weighted by Gasteiger charge is -2.17. The van der Waals surface area contributed by atoms with Crippen LogP contribution in [0, 0.1) is 11.3 Å². The molecule has 0 radical (unpaired) electrons. The zero-order chi connectivity index (χ0) is 15.0. The first kappa shape index (κ1) is 13.8. The standard InChI is InChI=1S/C16H16N4S/c1-16(2,3)14-12(6-7-17)20-13(10-21-15(20)19-14)11-5-4-8-18-9-11/h4-5,8-10H,6H2,1-3H3. The van der Waals surface area contributed by atoms with Gasteiger partial charge in [0, 0.05) is 28.8 Å². The van der Waals surface area contributed by atoms with E-state index in [1.807, 2.05) is 18.3 Å². The van der Waals surface area contributed by atoms with Crippen molar-refractivity contribution in [3.05, 3.63) is 41.3 Å². The maximum atomic E-state index is 9.19. The highest BCUT2D eigenvalue weighted by molar-refractivity contribution is 7.15. The first-order chi connectivity index (χ1) is 10.0. The Bertz CT molecular complexity index is 816. The van der Waals surface area contributed by atoms with Gasteiger partial charge in [0.1, 0.15) is 0 Å². The van der Waals surface area contributed by atoms with Crippen LogP contribution in [-0.4, -0.2) is 14.4 Å². The summed E-state index contributed by atoms with van der Waals surface area (Å²) in [6.45, 7) is 6.39. The van der Waals surface area contributed by atoms with Crippen LogP contribution in [0.4, 0.5) is 0 Å². The second-order valence-electron chi connectivity index (χ2n) is 5.97. The summed E-state index contributed by atoms with van der Waals surface area (Å²) in [4.78, 5) is 9.88. The normalized spacial score (nSPS) is 11.7. The molecule has 0 unspecified atom stereocenters. The topological polar surface area (TPSA) is 54.0 Å². The van der Waals surface area contributed by atoms with E-state index in [1.165, 1.54) is 0 Å². The van der Waals surface area contributed by atoms with E-state index in [1.54, 1.807) is 17.5 Å². The van der Waals surface area contributed by atoms with E-state index in [2.05, 4.69) is 41.6 Å². The molecule has 0 aliphatic rings. The molecule has 0 atom stereocenters. The Morgan fingerprint density at radius 2 is 2.19 bits per heavy atom. The molecule has 0 N–H and O–H groups in total. The highest BCUT2D eigenvalue weighted by atomic mass is 32.1. The van der Waals surface area contributed by atoms with Crippen LogP contribution in [0.1, 0.15) is 32.2 Å². The van der Waals surface area contributed by atoms with Gasteiger partial charge in [-0.15, -0.1) is 11.3 Å². The Labute approximate surface area is 127 Å². The number of rotatable bonds is 2. The minimum atomic E-state index is -0.0792. The lowest BCUT2D eigenvalue weighted by Crippen LogP contribution is -2.15. The molecule has 0 fully saturated rings. The molecule has 0 aromatic carbocycles. The van der Waals surface area contributed by atoms with Crippen molar-refractivity contribution in [2.24, 2.45) is 0 Å². The van der Waals surface area contributed by atoms with Crippen molar-refractivity contribution < 1.29 is 0 Å². The molecule has 21 heavy (non-hydrogen) atoms. The van der Waals surface area contributed by atoms with Gasteiger partial charge < -0.3 is 0 Å². The van der Waals surface area contributed by atoms with E-state index in [4.69, 9.17) is 4.98 Å². The summed E-state index contributed by atoms with van der Waals surface area (Å²) in [6, 6.07) is 6.22. The number of hydrogen-bond donors (Lipinski definition) is 0. The summed E-state index contributed by atoms with van der Waals surface area (Å²) in [7, 11) is 0. The maximum Gasteiger partial charge on any atom is 0.194 e. The van der Waals surface area contributed by atoms with Gasteiger partial charge in [0.25, 0.3) is 0 Å². The van der Waals surface area contributed by atoms with E-state index in [0.717, 1.165) is 27.6 Å². The molecule has 3 aromatic heterocycles. The molecule has 3 aromatic rings. The molecule has 0 saturated carbocycles. The van der Waals surface area contributed by atoms with Crippen molar-refractivity contribution >= 4 is 16.3 Å². The van der Waals surface area contributed by atoms with Gasteiger partial charge in [0.05, 0.1) is 29.6 Å². The predicted octanol–water partition coefficient (Wildman–Crippen LogP) is 3.82. The molecule has 3 heterocycles. The van der Waals surface area contributed by atoms with Gasteiger partial charge in [-0.2, -0.15) is 5.26 Å². The van der Waals surface area contributed by atoms with Crippen molar-refractivity contribution in [1.29, 1.82) is 5.26 Å². The van der Waals surface area contributed by atoms with Crippen LogP contribution in [0.3, 0.4) is 0 Å². The minimum Gasteiger partial charge on any atom is -0.286 e. The van der Waals surface area contributed by atoms with Crippen molar-refractivity contribution in [2.75, 3.05) is 0 Å². The Morgan fingerprint density at radius 1 is 1.38 bits per heavy atom. The van der Waals surface area contributed by atoms with E-state index in [9.17, 15) is 5.26 Å². The summed E-state index contributed by atoms with van der Waals surface area (Å²) < 4.78 is 2.10. The largest absolute Gasteiger partial charge is 0.286 e. The van der Waals surface area contributed by atoms with Gasteiger partial charge in [0.15, 0.2) is 4.96 Å². The number of hydrogen-bond acceptors (Lipinski definition) is 4. The van der Waals surface area contributed by atoms with E-state index in [-0.39, 0.29) is 5.41 Å². The Balaban J connectivity index is 2.30. The number of imidazole rings is 1. The van der Waals surface area contributed by atoms with Crippen LogP contribution in [0.2, 0.25) is 0 Å². The highest BCUT2D eigenvalue weighted by Crippen LogP contribution is 2.33. The van der Waals surface area contributed by atoms with Crippen LogP contribution in [-0.2, 0) is 11.8 Å². The zero-order valence-corrected chi connectivity index (χ0v) is 13.1. The summed E-state index contributed by atoms with van der Waals surface area (Å²) in [5.74, 6) is 0. The number of pyridine rings is 1. The molecule has 0 bridgehead atoms. The fourth-order valence-corrected chi connectivity index (χ4v) is 3.39. The van der Waals surface area contributed by atoms with Gasteiger partial charge in [-0.1, -0.05) is 20.8 Å². The van der Waals surface area contributed by atoms with Crippen LogP contribution >= 0.6 is 11.3 Å². The second-order valence-corrected chi connectivity index (χ2v) is 6.81. The van der Waals surface area contributed by atoms with E-state index >= 15 is 0 Å². The Kier molecular flexibility index (Phi) is 3.26. The van der Waals surface area contributed by atoms with Crippen molar-refractivity contribution in [3.63, 3.8) is 0 Å². The second kappa shape index (κ2) is 4.97. The predicted molar refractivity (Wildman–Crippen MR) is 84.3 cm³/mol. The molecular formula is C16H16N4S. The number of thiazole rings is 1. The molecule has 0 saturated heterocycles. The smallest absolute Gasteiger partial charge is 0.194 e. The van der Waals surface area contributed by atoms with Gasteiger partial charge in [-0.3, -0.25) is 9.38 Å². The van der Waals surface area contributed by atoms with Gasteiger partial charge in [-0.05, 0) is 12.1 Å². The quantitative estimate of drug-likeness (QED) is 0.722. The number of nitriles is 1. The molecule has 3 rings (SSSR count). The lowest BCUT2D eigenvalue weighted by atomic mass is 9.90. The lowest BCUT2D eigenvalue weighted by molar-refractivity contribution is 0.566. The maximum absolute atomic E-state index is 9.19. The van der Waals surface area contributed by atoms with Crippen LogP contribution in [0.25, 0.3) is 16.2 Å². The van der Waals surface area contributed by atoms with Crippen molar-refractivity contribution in [3.8, 4) is 17.3 Å². The number of nitrogens with zero attached hydrogens (tertiary/aromatic N) is 4. The van der Waals surface area contributed by atoms with Gasteiger partial charge in [-0.25, -0.2) is 4.98 Å². The average molecular weight is 296 g/mol. The highest BCUT2D eigenvalue weighted by Gasteiger charge is 2.25. The fourth-order valence-electron chi connectivity index (χ4n) is 2.47. The van der Waals surface area contributed by atoms with Gasteiger partial charge in [0.2, 0.25) is 0 Å². The first-order valence-corrected chi connectivity index (χ1v) is 7.67. The Hall–Kier alpha value is -2.19. The van der Waals surface area contributed by atoms with E-state index in [0.29, 0.717) is 6.42 Å². The van der Waals surface area contributed by atoms with Crippen LogP contribution in [0.5, 0.6) is 0 Å². The van der Waals surface area contributed by atoms with Crippen molar-refractivity contribution in [2.45, 2.75) is 32.6 Å². The average Bonchev–Trinajstić information content (AvgIpc) is 3.00. The van der Waals surface area contributed by atoms with E-state index < -0.39 is 0 Å². The summed E-state index contributed by atoms with van der Waals surface area (Å²) in [5, 5.41) is 11.3. The van der Waals surface area contributed by atoms with Crippen LogP contribution in [0.15, 0.2) is 29.9 Å². The third-order valence-corrected chi connectivity index (χ3v) is 4.20. The molecule has 0 spiro atoms. The Morgan fingerprint density at radius 3 is 2.81 bits per heavy atom. The van der Waals surface area contributed by atoms with Crippen molar-refractivity contribution in [1.82, 2.24) is 14.4 Å². The third kappa shape index (κ3) is 2.32. The fraction of sp³-hybridized carbons (Fsp3) is 0.312. The number of fused-ring (bicyclic) bond motifs is 1. The molecule has 4 nitrogen and oxygen atoms in total. The molecule has 0 amide bonds. The first-order valence-electron chi connectivity index (χ1n) is 6.79. The molecular weight excluding hydrogens is 280 g/mol. The molecule has 0 aliphatic carbocycles. The minimum absolute atomic E-state index is 0.0792. The third-order valence-electron chi connectivity index (χ3n) is 3.37. The SMILES string of the molecule is CC(C)(C)c1nc2scc(-c3cccnc3)n2c1CC#N. The molecule has 5 heteroatoms.